The van der Waals surface area contributed by atoms with E-state index in [-0.39, 0.29) is 21.9 Å². The fourth-order valence-corrected chi connectivity index (χ4v) is 1.88. The van der Waals surface area contributed by atoms with Crippen LogP contribution in [0.5, 0.6) is 0 Å². The van der Waals surface area contributed by atoms with Crippen LogP contribution in [0.2, 0.25) is 5.02 Å². The van der Waals surface area contributed by atoms with Crippen LogP contribution in [0, 0.1) is 0 Å². The van der Waals surface area contributed by atoms with Crippen molar-refractivity contribution in [2.75, 3.05) is 0 Å². The first-order valence-corrected chi connectivity index (χ1v) is 5.36. The molecule has 0 atom stereocenters. The highest BCUT2D eigenvalue weighted by Gasteiger charge is 2.31. The van der Waals surface area contributed by atoms with Gasteiger partial charge in [-0.1, -0.05) is 17.7 Å². The van der Waals surface area contributed by atoms with E-state index in [1.807, 2.05) is 0 Å². The maximum absolute atomic E-state index is 12.5. The van der Waals surface area contributed by atoms with Gasteiger partial charge in [0.15, 0.2) is 0 Å². The van der Waals surface area contributed by atoms with E-state index >= 15 is 0 Å². The van der Waals surface area contributed by atoms with Gasteiger partial charge >= 0.3 is 12.1 Å². The number of benzene rings is 1. The van der Waals surface area contributed by atoms with Gasteiger partial charge in [-0.25, -0.2) is 4.79 Å². The predicted octanol–water partition coefficient (Wildman–Crippen LogP) is 4.32. The molecule has 0 amide bonds. The largest absolute Gasteiger partial charge is 0.475 e. The number of carbonyl (C=O) groups is 1. The van der Waals surface area contributed by atoms with Gasteiger partial charge in [-0.3, -0.25) is 0 Å². The van der Waals surface area contributed by atoms with Gasteiger partial charge in [0.05, 0.1) is 11.8 Å². The van der Waals surface area contributed by atoms with Crippen LogP contribution >= 0.6 is 11.6 Å². The van der Waals surface area contributed by atoms with Crippen LogP contribution in [-0.4, -0.2) is 11.1 Å². The van der Waals surface area contributed by atoms with E-state index in [1.54, 1.807) is 0 Å². The van der Waals surface area contributed by atoms with Gasteiger partial charge in [0, 0.05) is 16.1 Å². The first-order chi connectivity index (χ1) is 8.80. The number of carboxylic acids is 1. The minimum atomic E-state index is -4.51. The first kappa shape index (κ1) is 13.5. The van der Waals surface area contributed by atoms with Crippen LogP contribution in [0.3, 0.4) is 0 Å². The number of hydrogen-bond donors (Lipinski definition) is 1. The molecule has 19 heavy (non-hydrogen) atoms. The third-order valence-corrected chi connectivity index (χ3v) is 2.76. The van der Waals surface area contributed by atoms with E-state index in [9.17, 15) is 18.0 Å². The van der Waals surface area contributed by atoms with Gasteiger partial charge in [0.1, 0.15) is 0 Å². The SMILES string of the molecule is O=C(O)c1occc1-c1ccc(C(F)(F)F)cc1Cl. The lowest BCUT2D eigenvalue weighted by atomic mass is 10.0. The van der Waals surface area contributed by atoms with Crippen molar-refractivity contribution in [1.29, 1.82) is 0 Å². The lowest BCUT2D eigenvalue weighted by molar-refractivity contribution is -0.137. The molecule has 0 aliphatic rings. The molecule has 0 bridgehead atoms. The summed E-state index contributed by atoms with van der Waals surface area (Å²) < 4.78 is 42.2. The van der Waals surface area contributed by atoms with E-state index < -0.39 is 17.7 Å². The summed E-state index contributed by atoms with van der Waals surface area (Å²) in [4.78, 5) is 10.9. The molecule has 1 heterocycles. The van der Waals surface area contributed by atoms with Crippen LogP contribution in [0.15, 0.2) is 34.9 Å². The second-order valence-electron chi connectivity index (χ2n) is 3.66. The van der Waals surface area contributed by atoms with E-state index in [0.717, 1.165) is 24.5 Å². The Morgan fingerprint density at radius 1 is 1.21 bits per heavy atom. The zero-order valence-corrected chi connectivity index (χ0v) is 9.92. The zero-order valence-electron chi connectivity index (χ0n) is 9.16. The molecule has 0 aliphatic carbocycles. The van der Waals surface area contributed by atoms with Crippen LogP contribution < -0.4 is 0 Å². The number of carboxylic acid groups (broad SMARTS) is 1. The van der Waals surface area contributed by atoms with Crippen molar-refractivity contribution in [3.63, 3.8) is 0 Å². The fourth-order valence-electron chi connectivity index (χ4n) is 1.60. The third-order valence-electron chi connectivity index (χ3n) is 2.45. The Bertz CT molecular complexity index is 631. The molecule has 0 saturated heterocycles. The number of furan rings is 1. The lowest BCUT2D eigenvalue weighted by Gasteiger charge is -2.09. The number of aromatic carboxylic acids is 1. The zero-order chi connectivity index (χ0) is 14.2. The summed E-state index contributed by atoms with van der Waals surface area (Å²) in [6.07, 6.45) is -3.37. The maximum Gasteiger partial charge on any atom is 0.416 e. The quantitative estimate of drug-likeness (QED) is 0.896. The Labute approximate surface area is 110 Å². The predicted molar refractivity (Wildman–Crippen MR) is 61.1 cm³/mol. The topological polar surface area (TPSA) is 50.4 Å². The van der Waals surface area contributed by atoms with E-state index in [0.29, 0.717) is 0 Å². The van der Waals surface area contributed by atoms with Crippen molar-refractivity contribution in [2.24, 2.45) is 0 Å². The highest BCUT2D eigenvalue weighted by molar-refractivity contribution is 6.33. The number of alkyl halides is 3. The fraction of sp³-hybridized carbons (Fsp3) is 0.0833. The molecule has 0 unspecified atom stereocenters. The normalized spacial score (nSPS) is 11.6. The number of rotatable bonds is 2. The summed E-state index contributed by atoms with van der Waals surface area (Å²) in [5.41, 5.74) is -0.603. The molecule has 0 fully saturated rings. The molecule has 0 radical (unpaired) electrons. The molecule has 0 aliphatic heterocycles. The van der Waals surface area contributed by atoms with E-state index in [4.69, 9.17) is 21.1 Å². The van der Waals surface area contributed by atoms with Crippen molar-refractivity contribution in [3.8, 4) is 11.1 Å². The monoisotopic (exact) mass is 290 g/mol. The van der Waals surface area contributed by atoms with Crippen LogP contribution in [0.4, 0.5) is 13.2 Å². The van der Waals surface area contributed by atoms with Crippen LogP contribution in [0.25, 0.3) is 11.1 Å². The van der Waals surface area contributed by atoms with Gasteiger partial charge in [-0.05, 0) is 18.2 Å². The summed E-state index contributed by atoms with van der Waals surface area (Å²) in [6, 6.07) is 4.02. The summed E-state index contributed by atoms with van der Waals surface area (Å²) in [6.45, 7) is 0. The highest BCUT2D eigenvalue weighted by atomic mass is 35.5. The van der Waals surface area contributed by atoms with Gasteiger partial charge in [0.25, 0.3) is 0 Å². The van der Waals surface area contributed by atoms with E-state index in [1.165, 1.54) is 6.07 Å². The summed E-state index contributed by atoms with van der Waals surface area (Å²) in [5.74, 6) is -1.70. The molecule has 2 rings (SSSR count). The average Bonchev–Trinajstić information content (AvgIpc) is 2.76. The molecule has 100 valence electrons. The van der Waals surface area contributed by atoms with E-state index in [2.05, 4.69) is 0 Å². The molecule has 1 aromatic carbocycles. The third kappa shape index (κ3) is 2.58. The Morgan fingerprint density at radius 3 is 2.42 bits per heavy atom. The minimum Gasteiger partial charge on any atom is -0.475 e. The Kier molecular flexibility index (Phi) is 3.28. The highest BCUT2D eigenvalue weighted by Crippen LogP contribution is 2.36. The molecular formula is C12H6ClF3O3. The Balaban J connectivity index is 2.53. The summed E-state index contributed by atoms with van der Waals surface area (Å²) in [5, 5.41) is 8.68. The standard InChI is InChI=1S/C12H6ClF3O3/c13-9-5-6(12(14,15)16)1-2-7(9)8-3-4-19-10(8)11(17)18/h1-5H,(H,17,18). The molecule has 0 saturated carbocycles. The minimum absolute atomic E-state index is 0.131. The lowest BCUT2D eigenvalue weighted by Crippen LogP contribution is -2.04. The van der Waals surface area contributed by atoms with Crippen LogP contribution in [0.1, 0.15) is 16.1 Å². The van der Waals surface area contributed by atoms with Crippen LogP contribution in [-0.2, 0) is 6.18 Å². The van der Waals surface area contributed by atoms with Gasteiger partial charge in [0.2, 0.25) is 5.76 Å². The average molecular weight is 291 g/mol. The van der Waals surface area contributed by atoms with Crippen molar-refractivity contribution < 1.29 is 27.5 Å². The number of hydrogen-bond acceptors (Lipinski definition) is 2. The number of halogens is 4. The smallest absolute Gasteiger partial charge is 0.416 e. The Morgan fingerprint density at radius 2 is 1.89 bits per heavy atom. The summed E-state index contributed by atoms with van der Waals surface area (Å²) in [7, 11) is 0. The molecular weight excluding hydrogens is 285 g/mol. The maximum atomic E-state index is 12.5. The molecule has 0 spiro atoms. The Hall–Kier alpha value is -1.95. The molecule has 7 heteroatoms. The van der Waals surface area contributed by atoms with Crippen molar-refractivity contribution in [2.45, 2.75) is 6.18 Å². The van der Waals surface area contributed by atoms with Gasteiger partial charge < -0.3 is 9.52 Å². The molecule has 1 aromatic heterocycles. The molecule has 1 N–H and O–H groups in total. The molecule has 3 nitrogen and oxygen atoms in total. The first-order valence-electron chi connectivity index (χ1n) is 4.98. The van der Waals surface area contributed by atoms with Crippen molar-refractivity contribution >= 4 is 17.6 Å². The second-order valence-corrected chi connectivity index (χ2v) is 4.07. The van der Waals surface area contributed by atoms with Gasteiger partial charge in [-0.15, -0.1) is 0 Å². The van der Waals surface area contributed by atoms with Crippen molar-refractivity contribution in [3.05, 3.63) is 46.9 Å². The van der Waals surface area contributed by atoms with Gasteiger partial charge in [-0.2, -0.15) is 13.2 Å². The summed E-state index contributed by atoms with van der Waals surface area (Å²) >= 11 is 5.77. The second kappa shape index (κ2) is 4.62. The van der Waals surface area contributed by atoms with Crippen molar-refractivity contribution in [1.82, 2.24) is 0 Å². The molecule has 2 aromatic rings.